The summed E-state index contributed by atoms with van der Waals surface area (Å²) in [5.74, 6) is -2.18. The van der Waals surface area contributed by atoms with E-state index in [0.717, 1.165) is 36.8 Å². The van der Waals surface area contributed by atoms with Crippen molar-refractivity contribution in [1.82, 2.24) is 5.32 Å². The second-order valence-corrected chi connectivity index (χ2v) is 5.38. The predicted molar refractivity (Wildman–Crippen MR) is 79.5 cm³/mol. The van der Waals surface area contributed by atoms with Crippen LogP contribution in [0.4, 0.5) is 18.9 Å². The van der Waals surface area contributed by atoms with Gasteiger partial charge in [-0.25, -0.2) is 0 Å². The Kier molecular flexibility index (Phi) is 5.41. The number of nitrogens with one attached hydrogen (secondary N) is 2. The van der Waals surface area contributed by atoms with Gasteiger partial charge in [-0.15, -0.1) is 0 Å². The molecule has 4 nitrogen and oxygen atoms in total. The molecule has 0 radical (unpaired) electrons. The largest absolute Gasteiger partial charge is 0.471 e. The Labute approximate surface area is 131 Å². The standard InChI is InChI=1S/C16H17F3N2O2/c17-16(18,19)15(23)21-13-7-5-12(6-8-13)10-20-14(22)9-11-3-1-2-4-11/h5-9H,1-4,10H2,(H,20,22)(H,21,23). The number of carbonyl (C=O) groups is 2. The molecule has 1 aromatic rings. The summed E-state index contributed by atoms with van der Waals surface area (Å²) in [6, 6.07) is 5.82. The molecule has 0 aromatic heterocycles. The molecule has 124 valence electrons. The van der Waals surface area contributed by atoms with Gasteiger partial charge in [-0.3, -0.25) is 9.59 Å². The molecule has 0 saturated heterocycles. The van der Waals surface area contributed by atoms with Gasteiger partial charge in [0.25, 0.3) is 0 Å². The summed E-state index contributed by atoms with van der Waals surface area (Å²) >= 11 is 0. The summed E-state index contributed by atoms with van der Waals surface area (Å²) in [7, 11) is 0. The Hall–Kier alpha value is -2.31. The summed E-state index contributed by atoms with van der Waals surface area (Å²) in [5, 5.41) is 4.49. The van der Waals surface area contributed by atoms with Crippen LogP contribution in [0.2, 0.25) is 0 Å². The van der Waals surface area contributed by atoms with Crippen LogP contribution in [0.5, 0.6) is 0 Å². The number of alkyl halides is 3. The Balaban J connectivity index is 1.84. The van der Waals surface area contributed by atoms with Crippen LogP contribution < -0.4 is 10.6 Å². The quantitative estimate of drug-likeness (QED) is 0.834. The normalized spacial score (nSPS) is 14.5. The van der Waals surface area contributed by atoms with Gasteiger partial charge in [-0.1, -0.05) is 17.7 Å². The van der Waals surface area contributed by atoms with Crippen LogP contribution in [0.1, 0.15) is 31.2 Å². The van der Waals surface area contributed by atoms with Crippen LogP contribution in [0.3, 0.4) is 0 Å². The number of rotatable bonds is 4. The van der Waals surface area contributed by atoms with Crippen LogP contribution in [0.15, 0.2) is 35.9 Å². The van der Waals surface area contributed by atoms with E-state index in [2.05, 4.69) is 5.32 Å². The lowest BCUT2D eigenvalue weighted by molar-refractivity contribution is -0.167. The van der Waals surface area contributed by atoms with E-state index >= 15 is 0 Å². The van der Waals surface area contributed by atoms with Crippen LogP contribution in [0.25, 0.3) is 0 Å². The molecule has 2 amide bonds. The second-order valence-electron chi connectivity index (χ2n) is 5.38. The van der Waals surface area contributed by atoms with Crippen molar-refractivity contribution in [3.63, 3.8) is 0 Å². The highest BCUT2D eigenvalue weighted by atomic mass is 19.4. The summed E-state index contributed by atoms with van der Waals surface area (Å²) < 4.78 is 36.4. The minimum atomic E-state index is -4.92. The Morgan fingerprint density at radius 1 is 1.09 bits per heavy atom. The fourth-order valence-electron chi connectivity index (χ4n) is 2.31. The van der Waals surface area contributed by atoms with Crippen molar-refractivity contribution < 1.29 is 22.8 Å². The van der Waals surface area contributed by atoms with Crippen LogP contribution >= 0.6 is 0 Å². The molecule has 0 heterocycles. The molecule has 0 bridgehead atoms. The first kappa shape index (κ1) is 17.1. The van der Waals surface area contributed by atoms with Gasteiger partial charge in [0.05, 0.1) is 0 Å². The number of carbonyl (C=O) groups excluding carboxylic acids is 2. The second kappa shape index (κ2) is 7.30. The number of allylic oxidation sites excluding steroid dienone is 1. The smallest absolute Gasteiger partial charge is 0.348 e. The third kappa shape index (κ3) is 5.43. The van der Waals surface area contributed by atoms with Gasteiger partial charge in [-0.2, -0.15) is 13.2 Å². The number of anilines is 1. The molecule has 1 aromatic carbocycles. The van der Waals surface area contributed by atoms with E-state index < -0.39 is 12.1 Å². The van der Waals surface area contributed by atoms with Crippen molar-refractivity contribution in [2.24, 2.45) is 0 Å². The van der Waals surface area contributed by atoms with E-state index in [1.807, 2.05) is 0 Å². The first-order valence-electron chi connectivity index (χ1n) is 7.29. The van der Waals surface area contributed by atoms with Crippen molar-refractivity contribution >= 4 is 17.5 Å². The van der Waals surface area contributed by atoms with E-state index in [-0.39, 0.29) is 18.1 Å². The zero-order valence-corrected chi connectivity index (χ0v) is 12.4. The van der Waals surface area contributed by atoms with Crippen molar-refractivity contribution in [1.29, 1.82) is 0 Å². The third-order valence-electron chi connectivity index (χ3n) is 3.52. The molecule has 7 heteroatoms. The number of amides is 2. The third-order valence-corrected chi connectivity index (χ3v) is 3.52. The molecule has 1 saturated carbocycles. The van der Waals surface area contributed by atoms with E-state index in [0.29, 0.717) is 0 Å². The molecular weight excluding hydrogens is 309 g/mol. The van der Waals surface area contributed by atoms with Crippen LogP contribution in [-0.2, 0) is 16.1 Å². The molecule has 1 aliphatic carbocycles. The van der Waals surface area contributed by atoms with E-state index in [4.69, 9.17) is 0 Å². The van der Waals surface area contributed by atoms with Gasteiger partial charge in [0.15, 0.2) is 0 Å². The minimum Gasteiger partial charge on any atom is -0.348 e. The van der Waals surface area contributed by atoms with Crippen molar-refractivity contribution in [2.75, 3.05) is 5.32 Å². The van der Waals surface area contributed by atoms with Gasteiger partial charge >= 0.3 is 12.1 Å². The Morgan fingerprint density at radius 2 is 1.70 bits per heavy atom. The first-order chi connectivity index (χ1) is 10.8. The number of benzene rings is 1. The number of halogens is 3. The van der Waals surface area contributed by atoms with E-state index in [1.54, 1.807) is 23.5 Å². The highest BCUT2D eigenvalue weighted by molar-refractivity contribution is 5.94. The van der Waals surface area contributed by atoms with Crippen LogP contribution in [-0.4, -0.2) is 18.0 Å². The molecule has 0 aliphatic heterocycles. The molecule has 0 atom stereocenters. The SMILES string of the molecule is O=C(C=C1CCCC1)NCc1ccc(NC(=O)C(F)(F)F)cc1. The maximum absolute atomic E-state index is 12.1. The highest BCUT2D eigenvalue weighted by Crippen LogP contribution is 2.23. The number of hydrogen-bond acceptors (Lipinski definition) is 2. The topological polar surface area (TPSA) is 58.2 Å². The molecule has 23 heavy (non-hydrogen) atoms. The monoisotopic (exact) mass is 326 g/mol. The van der Waals surface area contributed by atoms with E-state index in [9.17, 15) is 22.8 Å². The van der Waals surface area contributed by atoms with Gasteiger partial charge in [0.2, 0.25) is 5.91 Å². The maximum Gasteiger partial charge on any atom is 0.471 e. The molecular formula is C16H17F3N2O2. The van der Waals surface area contributed by atoms with Gasteiger partial charge in [0, 0.05) is 18.3 Å². The fourth-order valence-corrected chi connectivity index (χ4v) is 2.31. The van der Waals surface area contributed by atoms with Gasteiger partial charge in [0.1, 0.15) is 0 Å². The lowest BCUT2D eigenvalue weighted by Crippen LogP contribution is -2.29. The molecule has 0 spiro atoms. The van der Waals surface area contributed by atoms with Gasteiger partial charge in [-0.05, 0) is 43.4 Å². The summed E-state index contributed by atoms with van der Waals surface area (Å²) in [4.78, 5) is 22.5. The van der Waals surface area contributed by atoms with Crippen molar-refractivity contribution in [3.8, 4) is 0 Å². The first-order valence-corrected chi connectivity index (χ1v) is 7.29. The zero-order chi connectivity index (χ0) is 16.9. The molecule has 2 N–H and O–H groups in total. The lowest BCUT2D eigenvalue weighted by Gasteiger charge is -2.09. The van der Waals surface area contributed by atoms with Crippen molar-refractivity contribution in [2.45, 2.75) is 38.4 Å². The van der Waals surface area contributed by atoms with Crippen molar-refractivity contribution in [3.05, 3.63) is 41.5 Å². The Bertz CT molecular complexity index is 599. The minimum absolute atomic E-state index is 0.0514. The average molecular weight is 326 g/mol. The van der Waals surface area contributed by atoms with Crippen LogP contribution in [0, 0.1) is 0 Å². The summed E-state index contributed by atoms with van der Waals surface area (Å²) in [5.41, 5.74) is 1.93. The molecule has 1 aliphatic rings. The predicted octanol–water partition coefficient (Wildman–Crippen LogP) is 3.30. The lowest BCUT2D eigenvalue weighted by atomic mass is 10.2. The molecule has 1 fully saturated rings. The average Bonchev–Trinajstić information content (AvgIpc) is 2.98. The summed E-state index contributed by atoms with van der Waals surface area (Å²) in [6.07, 6.45) is 0.849. The Morgan fingerprint density at radius 3 is 2.26 bits per heavy atom. The van der Waals surface area contributed by atoms with Gasteiger partial charge < -0.3 is 10.6 Å². The van der Waals surface area contributed by atoms with E-state index in [1.165, 1.54) is 12.1 Å². The molecule has 0 unspecified atom stereocenters. The maximum atomic E-state index is 12.1. The fraction of sp³-hybridized carbons (Fsp3) is 0.375. The number of hydrogen-bond donors (Lipinski definition) is 2. The highest BCUT2D eigenvalue weighted by Gasteiger charge is 2.38. The summed E-state index contributed by atoms with van der Waals surface area (Å²) in [6.45, 7) is 0.274. The zero-order valence-electron chi connectivity index (χ0n) is 12.4. The molecule has 2 rings (SSSR count).